The lowest BCUT2D eigenvalue weighted by molar-refractivity contribution is -0.137. The van der Waals surface area contributed by atoms with Gasteiger partial charge in [0.2, 0.25) is 5.95 Å². The van der Waals surface area contributed by atoms with Gasteiger partial charge in [0.25, 0.3) is 5.56 Å². The zero-order valence-electron chi connectivity index (χ0n) is 18.4. The normalized spacial score (nSPS) is 11.7. The van der Waals surface area contributed by atoms with E-state index in [2.05, 4.69) is 25.4 Å². The second-order valence-corrected chi connectivity index (χ2v) is 7.68. The maximum Gasteiger partial charge on any atom is 0.416 e. The maximum atomic E-state index is 13.0. The first-order chi connectivity index (χ1) is 16.8. The number of fused-ring (bicyclic) bond motifs is 1. The molecular formula is C24H18F3N7O. The molecule has 0 fully saturated rings. The zero-order valence-corrected chi connectivity index (χ0v) is 18.4. The van der Waals surface area contributed by atoms with Crippen molar-refractivity contribution in [1.82, 2.24) is 29.3 Å². The lowest BCUT2D eigenvalue weighted by atomic mass is 10.1. The van der Waals surface area contributed by atoms with E-state index >= 15 is 0 Å². The summed E-state index contributed by atoms with van der Waals surface area (Å²) in [7, 11) is 1.71. The van der Waals surface area contributed by atoms with Gasteiger partial charge < -0.3 is 9.88 Å². The van der Waals surface area contributed by atoms with E-state index in [0.717, 1.165) is 12.1 Å². The van der Waals surface area contributed by atoms with Crippen LogP contribution in [-0.4, -0.2) is 36.3 Å². The third kappa shape index (κ3) is 4.35. The Balaban J connectivity index is 1.53. The number of rotatable bonds is 5. The number of hydrogen-bond acceptors (Lipinski definition) is 6. The van der Waals surface area contributed by atoms with Crippen LogP contribution in [0, 0.1) is 0 Å². The van der Waals surface area contributed by atoms with Crippen LogP contribution in [0.2, 0.25) is 0 Å². The van der Waals surface area contributed by atoms with E-state index < -0.39 is 11.7 Å². The summed E-state index contributed by atoms with van der Waals surface area (Å²) in [5.41, 5.74) is 1.61. The first-order valence-electron chi connectivity index (χ1n) is 10.6. The molecule has 0 radical (unpaired) electrons. The number of benzene rings is 1. The average Bonchev–Trinajstić information content (AvgIpc) is 3.25. The van der Waals surface area contributed by atoms with Crippen LogP contribution in [0.4, 0.5) is 19.1 Å². The largest absolute Gasteiger partial charge is 0.416 e. The number of anilines is 1. The number of halogens is 3. The standard InChI is InChI=1S/C24H18F3N7O/c1-28-23-30-11-8-17(31-23)14-33-12-9-15(13-20(33)35)21-19-3-2-10-29-22(19)34(32-21)18-6-4-16(5-7-18)24(25,26)27/h2-13H,14H2,1H3,(H,28,30,31). The summed E-state index contributed by atoms with van der Waals surface area (Å²) < 4.78 is 41.9. The number of pyridine rings is 2. The van der Waals surface area contributed by atoms with Crippen molar-refractivity contribution in [3.8, 4) is 16.9 Å². The fourth-order valence-electron chi connectivity index (χ4n) is 3.70. The summed E-state index contributed by atoms with van der Waals surface area (Å²) in [6.07, 6.45) is 0.407. The van der Waals surface area contributed by atoms with Crippen molar-refractivity contribution in [2.24, 2.45) is 0 Å². The van der Waals surface area contributed by atoms with E-state index in [1.54, 1.807) is 49.9 Å². The molecule has 5 rings (SSSR count). The van der Waals surface area contributed by atoms with E-state index in [-0.39, 0.29) is 12.1 Å². The van der Waals surface area contributed by atoms with E-state index in [1.165, 1.54) is 27.4 Å². The minimum absolute atomic E-state index is 0.256. The van der Waals surface area contributed by atoms with E-state index in [0.29, 0.717) is 39.6 Å². The Labute approximate surface area is 196 Å². The van der Waals surface area contributed by atoms with Crippen molar-refractivity contribution in [3.63, 3.8) is 0 Å². The molecule has 0 aliphatic carbocycles. The average molecular weight is 477 g/mol. The molecule has 4 aromatic heterocycles. The molecule has 0 saturated carbocycles. The van der Waals surface area contributed by atoms with Crippen molar-refractivity contribution >= 4 is 17.0 Å². The maximum absolute atomic E-state index is 13.0. The molecule has 176 valence electrons. The van der Waals surface area contributed by atoms with Crippen molar-refractivity contribution in [1.29, 1.82) is 0 Å². The van der Waals surface area contributed by atoms with Crippen molar-refractivity contribution in [3.05, 3.63) is 94.8 Å². The van der Waals surface area contributed by atoms with Gasteiger partial charge in [-0.15, -0.1) is 0 Å². The number of hydrogen-bond donors (Lipinski definition) is 1. The van der Waals surface area contributed by atoms with E-state index in [1.807, 2.05) is 0 Å². The Morgan fingerprint density at radius 1 is 1.00 bits per heavy atom. The number of nitrogens with zero attached hydrogens (tertiary/aromatic N) is 6. The number of aromatic nitrogens is 6. The highest BCUT2D eigenvalue weighted by Gasteiger charge is 2.30. The monoisotopic (exact) mass is 477 g/mol. The van der Waals surface area contributed by atoms with Gasteiger partial charge in [0.15, 0.2) is 5.65 Å². The molecule has 35 heavy (non-hydrogen) atoms. The Bertz CT molecular complexity index is 1570. The molecule has 0 saturated heterocycles. The SMILES string of the molecule is CNc1nccc(Cn2ccc(-c3nn(-c4ccc(C(F)(F)F)cc4)c4ncccc34)cc2=O)n1. The summed E-state index contributed by atoms with van der Waals surface area (Å²) in [5.74, 6) is 0.458. The molecule has 0 amide bonds. The van der Waals surface area contributed by atoms with Gasteiger partial charge in [0.05, 0.1) is 23.5 Å². The molecule has 11 heteroatoms. The second-order valence-electron chi connectivity index (χ2n) is 7.68. The second kappa shape index (κ2) is 8.67. The molecule has 0 spiro atoms. The van der Waals surface area contributed by atoms with Crippen molar-refractivity contribution < 1.29 is 13.2 Å². The summed E-state index contributed by atoms with van der Waals surface area (Å²) in [4.78, 5) is 25.6. The van der Waals surface area contributed by atoms with Crippen molar-refractivity contribution in [2.45, 2.75) is 12.7 Å². The predicted molar refractivity (Wildman–Crippen MR) is 124 cm³/mol. The molecule has 0 aliphatic heterocycles. The molecule has 4 heterocycles. The van der Waals surface area contributed by atoms with Gasteiger partial charge in [-0.1, -0.05) is 0 Å². The molecule has 0 unspecified atom stereocenters. The molecule has 0 bridgehead atoms. The fraction of sp³-hybridized carbons (Fsp3) is 0.125. The van der Waals surface area contributed by atoms with Gasteiger partial charge in [0, 0.05) is 42.7 Å². The van der Waals surface area contributed by atoms with E-state index in [4.69, 9.17) is 0 Å². The minimum Gasteiger partial charge on any atom is -0.357 e. The summed E-state index contributed by atoms with van der Waals surface area (Å²) in [5, 5.41) is 8.12. The predicted octanol–water partition coefficient (Wildman–Crippen LogP) is 4.15. The highest BCUT2D eigenvalue weighted by molar-refractivity contribution is 5.91. The molecular weight excluding hydrogens is 459 g/mol. The molecule has 0 atom stereocenters. The van der Waals surface area contributed by atoms with Gasteiger partial charge in [0.1, 0.15) is 5.69 Å². The Kier molecular flexibility index (Phi) is 5.51. The van der Waals surface area contributed by atoms with Crippen LogP contribution in [0.3, 0.4) is 0 Å². The van der Waals surface area contributed by atoms with E-state index in [9.17, 15) is 18.0 Å². The third-order valence-corrected chi connectivity index (χ3v) is 5.42. The molecule has 5 aromatic rings. The summed E-state index contributed by atoms with van der Waals surface area (Å²) >= 11 is 0. The molecule has 1 N–H and O–H groups in total. The van der Waals surface area contributed by atoms with Crippen LogP contribution in [0.25, 0.3) is 28.0 Å². The van der Waals surface area contributed by atoms with Crippen LogP contribution >= 0.6 is 0 Å². The smallest absolute Gasteiger partial charge is 0.357 e. The molecule has 1 aromatic carbocycles. The Morgan fingerprint density at radius 3 is 2.51 bits per heavy atom. The zero-order chi connectivity index (χ0) is 24.6. The lowest BCUT2D eigenvalue weighted by Crippen LogP contribution is -2.20. The first kappa shape index (κ1) is 22.3. The van der Waals surface area contributed by atoms with Gasteiger partial charge in [-0.2, -0.15) is 18.3 Å². The van der Waals surface area contributed by atoms with Crippen molar-refractivity contribution in [2.75, 3.05) is 12.4 Å². The number of nitrogens with one attached hydrogen (secondary N) is 1. The summed E-state index contributed by atoms with van der Waals surface area (Å²) in [6, 6.07) is 13.2. The van der Waals surface area contributed by atoms with Crippen LogP contribution in [0.5, 0.6) is 0 Å². The highest BCUT2D eigenvalue weighted by Crippen LogP contribution is 2.31. The highest BCUT2D eigenvalue weighted by atomic mass is 19.4. The summed E-state index contributed by atoms with van der Waals surface area (Å²) in [6.45, 7) is 0.263. The quantitative estimate of drug-likeness (QED) is 0.409. The fourth-order valence-corrected chi connectivity index (χ4v) is 3.70. The molecule has 8 nitrogen and oxygen atoms in total. The minimum atomic E-state index is -4.43. The van der Waals surface area contributed by atoms with Crippen LogP contribution < -0.4 is 10.9 Å². The van der Waals surface area contributed by atoms with Crippen LogP contribution in [-0.2, 0) is 12.7 Å². The first-order valence-corrected chi connectivity index (χ1v) is 10.6. The van der Waals surface area contributed by atoms with Crippen LogP contribution in [0.15, 0.2) is 78.0 Å². The van der Waals surface area contributed by atoms with Gasteiger partial charge in [-0.3, -0.25) is 4.79 Å². The Hall–Kier alpha value is -4.54. The number of alkyl halides is 3. The van der Waals surface area contributed by atoms with Gasteiger partial charge >= 0.3 is 6.18 Å². The van der Waals surface area contributed by atoms with Crippen LogP contribution in [0.1, 0.15) is 11.3 Å². The molecule has 0 aliphatic rings. The topological polar surface area (TPSA) is 90.5 Å². The van der Waals surface area contributed by atoms with Gasteiger partial charge in [-0.05, 0) is 48.5 Å². The Morgan fingerprint density at radius 2 is 1.80 bits per heavy atom. The lowest BCUT2D eigenvalue weighted by Gasteiger charge is -2.08. The third-order valence-electron chi connectivity index (χ3n) is 5.42. The van der Waals surface area contributed by atoms with Gasteiger partial charge in [-0.25, -0.2) is 19.6 Å².